The monoisotopic (exact) mass is 395 g/mol. The van der Waals surface area contributed by atoms with Gasteiger partial charge in [-0.05, 0) is 60.4 Å². The van der Waals surface area contributed by atoms with Crippen LogP contribution in [0.15, 0.2) is 60.8 Å². The topological polar surface area (TPSA) is 37.0 Å². The molecule has 0 bridgehead atoms. The summed E-state index contributed by atoms with van der Waals surface area (Å²) in [4.78, 5) is 4.97. The molecular weight excluding hydrogens is 368 g/mol. The molecule has 1 aliphatic rings. The van der Waals surface area contributed by atoms with Crippen LogP contribution in [0.4, 0.5) is 0 Å². The summed E-state index contributed by atoms with van der Waals surface area (Å²) >= 11 is 0. The zero-order valence-corrected chi connectivity index (χ0v) is 17.2. The van der Waals surface area contributed by atoms with Gasteiger partial charge in [0, 0.05) is 36.3 Å². The van der Waals surface area contributed by atoms with Gasteiger partial charge in [0.1, 0.15) is 0 Å². The molecule has 5 rings (SSSR count). The van der Waals surface area contributed by atoms with Crippen molar-refractivity contribution >= 4 is 33.8 Å². The number of aliphatic hydroxyl groups is 1. The highest BCUT2D eigenvalue weighted by Crippen LogP contribution is 2.31. The van der Waals surface area contributed by atoms with Gasteiger partial charge >= 0.3 is 0 Å². The van der Waals surface area contributed by atoms with Crippen LogP contribution in [0.1, 0.15) is 41.8 Å². The Labute approximate surface area is 177 Å². The molecule has 1 aliphatic carbocycles. The Morgan fingerprint density at radius 2 is 1.70 bits per heavy atom. The lowest BCUT2D eigenvalue weighted by atomic mass is 9.89. The van der Waals surface area contributed by atoms with E-state index in [1.165, 1.54) is 51.5 Å². The molecular formula is C27H27N2O+. The number of aliphatic hydroxyl groups excluding tert-OH is 1. The van der Waals surface area contributed by atoms with Crippen molar-refractivity contribution in [3.8, 4) is 0 Å². The number of para-hydroxylation sites is 1. The molecule has 0 radical (unpaired) electrons. The number of aryl methyl sites for hydroxylation is 2. The fraction of sp³-hybridized carbons (Fsp3) is 0.259. The molecule has 0 saturated carbocycles. The van der Waals surface area contributed by atoms with Crippen molar-refractivity contribution in [1.29, 1.82) is 0 Å². The van der Waals surface area contributed by atoms with Crippen LogP contribution in [0.25, 0.3) is 33.8 Å². The summed E-state index contributed by atoms with van der Waals surface area (Å²) in [6.45, 7) is 1.00. The zero-order chi connectivity index (χ0) is 20.3. The molecule has 0 aliphatic heterocycles. The summed E-state index contributed by atoms with van der Waals surface area (Å²) in [7, 11) is 0. The molecule has 2 aromatic heterocycles. The van der Waals surface area contributed by atoms with Gasteiger partial charge in [-0.15, -0.1) is 0 Å². The van der Waals surface area contributed by atoms with Crippen LogP contribution in [0, 0.1) is 0 Å². The van der Waals surface area contributed by atoms with E-state index < -0.39 is 0 Å². The highest BCUT2D eigenvalue weighted by atomic mass is 16.3. The lowest BCUT2D eigenvalue weighted by molar-refractivity contribution is -0.697. The average molecular weight is 396 g/mol. The Hall–Kier alpha value is -3.04. The third-order valence-electron chi connectivity index (χ3n) is 6.16. The molecule has 3 nitrogen and oxygen atoms in total. The molecule has 2 heterocycles. The fourth-order valence-corrected chi connectivity index (χ4v) is 4.66. The number of hydrogen-bond donors (Lipinski definition) is 1. The molecule has 0 unspecified atom stereocenters. The maximum Gasteiger partial charge on any atom is 0.213 e. The smallest absolute Gasteiger partial charge is 0.213 e. The van der Waals surface area contributed by atoms with Crippen LogP contribution in [-0.2, 0) is 19.4 Å². The minimum Gasteiger partial charge on any atom is -0.396 e. The number of rotatable bonds is 5. The molecule has 3 heteroatoms. The molecule has 0 spiro atoms. The molecule has 0 saturated heterocycles. The normalized spacial score (nSPS) is 13.9. The van der Waals surface area contributed by atoms with Gasteiger partial charge in [-0.3, -0.25) is 4.98 Å². The quantitative estimate of drug-likeness (QED) is 0.477. The van der Waals surface area contributed by atoms with E-state index in [1.54, 1.807) is 0 Å². The van der Waals surface area contributed by atoms with Gasteiger partial charge in [-0.2, -0.15) is 4.57 Å². The Balaban J connectivity index is 1.69. The van der Waals surface area contributed by atoms with Crippen molar-refractivity contribution in [2.75, 3.05) is 6.61 Å². The Bertz CT molecular complexity index is 1240. The highest BCUT2D eigenvalue weighted by molar-refractivity contribution is 5.95. The van der Waals surface area contributed by atoms with Gasteiger partial charge in [-0.25, -0.2) is 0 Å². The maximum atomic E-state index is 9.35. The van der Waals surface area contributed by atoms with Crippen molar-refractivity contribution in [2.45, 2.75) is 38.6 Å². The first-order valence-corrected chi connectivity index (χ1v) is 11.0. The molecule has 0 amide bonds. The molecule has 0 atom stereocenters. The molecule has 150 valence electrons. The molecule has 2 aromatic carbocycles. The second-order valence-corrected chi connectivity index (χ2v) is 8.07. The van der Waals surface area contributed by atoms with Crippen LogP contribution in [0.2, 0.25) is 0 Å². The second kappa shape index (κ2) is 8.37. The number of aromatic nitrogens is 2. The summed E-state index contributed by atoms with van der Waals surface area (Å²) in [5, 5.41) is 13.1. The van der Waals surface area contributed by atoms with Crippen LogP contribution >= 0.6 is 0 Å². The zero-order valence-electron chi connectivity index (χ0n) is 17.2. The van der Waals surface area contributed by atoms with E-state index in [9.17, 15) is 5.11 Å². The molecule has 0 fully saturated rings. The van der Waals surface area contributed by atoms with E-state index in [-0.39, 0.29) is 6.61 Å². The molecule has 4 aromatic rings. The van der Waals surface area contributed by atoms with E-state index in [4.69, 9.17) is 4.98 Å². The van der Waals surface area contributed by atoms with Gasteiger partial charge in [0.15, 0.2) is 12.7 Å². The second-order valence-electron chi connectivity index (χ2n) is 8.07. The summed E-state index contributed by atoms with van der Waals surface area (Å²) in [5.41, 5.74) is 6.27. The van der Waals surface area contributed by atoms with Crippen LogP contribution in [-0.4, -0.2) is 16.7 Å². The number of hydrogen-bond acceptors (Lipinski definition) is 2. The minimum atomic E-state index is 0.200. The van der Waals surface area contributed by atoms with E-state index in [1.807, 2.05) is 0 Å². The van der Waals surface area contributed by atoms with Crippen molar-refractivity contribution in [1.82, 2.24) is 4.98 Å². The van der Waals surface area contributed by atoms with E-state index in [0.29, 0.717) is 0 Å². The van der Waals surface area contributed by atoms with Gasteiger partial charge < -0.3 is 5.11 Å². The van der Waals surface area contributed by atoms with Crippen molar-refractivity contribution in [3.63, 3.8) is 0 Å². The first-order valence-electron chi connectivity index (χ1n) is 11.0. The van der Waals surface area contributed by atoms with E-state index in [2.05, 4.69) is 77.5 Å². The minimum absolute atomic E-state index is 0.200. The summed E-state index contributed by atoms with van der Waals surface area (Å²) in [5.74, 6) is 0. The van der Waals surface area contributed by atoms with Crippen LogP contribution in [0.5, 0.6) is 0 Å². The SMILES string of the molecule is OCCC[n+]1ccc2ccccc2c1/C=C/c1c2c(nc3ccccc13)CCCC2. The summed E-state index contributed by atoms with van der Waals surface area (Å²) < 4.78 is 2.25. The summed E-state index contributed by atoms with van der Waals surface area (Å²) in [6.07, 6.45) is 12.1. The van der Waals surface area contributed by atoms with Crippen LogP contribution < -0.4 is 4.57 Å². The van der Waals surface area contributed by atoms with Gasteiger partial charge in [0.05, 0.1) is 10.9 Å². The highest BCUT2D eigenvalue weighted by Gasteiger charge is 2.18. The van der Waals surface area contributed by atoms with Gasteiger partial charge in [0.2, 0.25) is 5.69 Å². The average Bonchev–Trinajstić information content (AvgIpc) is 2.80. The standard InChI is InChI=1S/C27H27N2O/c30-19-7-17-29-18-16-20-8-1-2-9-21(20)27(29)15-14-22-23-10-3-5-12-25(23)28-26-13-6-4-11-24(22)26/h1-3,5,8-10,12,14-16,18,30H,4,6-7,11,13,17,19H2/q+1/b15-14+. The Morgan fingerprint density at radius 1 is 0.900 bits per heavy atom. The number of benzene rings is 2. The largest absolute Gasteiger partial charge is 0.396 e. The Kier molecular flexibility index (Phi) is 5.29. The van der Waals surface area contributed by atoms with Crippen molar-refractivity contribution < 1.29 is 9.67 Å². The molecule has 30 heavy (non-hydrogen) atoms. The van der Waals surface area contributed by atoms with E-state index >= 15 is 0 Å². The van der Waals surface area contributed by atoms with Crippen LogP contribution in [0.3, 0.4) is 0 Å². The maximum absolute atomic E-state index is 9.35. The molecule has 1 N–H and O–H groups in total. The first kappa shape index (κ1) is 19.0. The Morgan fingerprint density at radius 3 is 2.60 bits per heavy atom. The number of fused-ring (bicyclic) bond motifs is 3. The first-order chi connectivity index (χ1) is 14.8. The third kappa shape index (κ3) is 3.50. The fourth-order valence-electron chi connectivity index (χ4n) is 4.66. The number of pyridine rings is 2. The van der Waals surface area contributed by atoms with Gasteiger partial charge in [0.25, 0.3) is 0 Å². The van der Waals surface area contributed by atoms with Gasteiger partial charge in [-0.1, -0.05) is 36.4 Å². The lowest BCUT2D eigenvalue weighted by Crippen LogP contribution is -2.37. The third-order valence-corrected chi connectivity index (χ3v) is 6.16. The lowest BCUT2D eigenvalue weighted by Gasteiger charge is -2.19. The van der Waals surface area contributed by atoms with Crippen molar-refractivity contribution in [2.24, 2.45) is 0 Å². The van der Waals surface area contributed by atoms with E-state index in [0.717, 1.165) is 31.3 Å². The number of nitrogens with zero attached hydrogens (tertiary/aromatic N) is 2. The predicted octanol–water partition coefficient (Wildman–Crippen LogP) is 5.11. The van der Waals surface area contributed by atoms with Crippen molar-refractivity contribution in [3.05, 3.63) is 83.3 Å². The summed E-state index contributed by atoms with van der Waals surface area (Å²) in [6, 6.07) is 19.2. The predicted molar refractivity (Wildman–Crippen MR) is 123 cm³/mol.